The second-order valence-corrected chi connectivity index (χ2v) is 9.86. The van der Waals surface area contributed by atoms with E-state index in [4.69, 9.17) is 0 Å². The standard InChI is InChI=1S/C17H20N6O2S3/c1-2-12-22-23-13(24)8-11(18-16(23)27-12)9-26-17-21-20-15(28-17)19-14(25)10-6-4-3-5-7-10/h8,10H,2-7,9H2,1H3,(H,19,20,25). The molecule has 148 valence electrons. The molecule has 1 aliphatic carbocycles. The first-order valence-corrected chi connectivity index (χ1v) is 11.9. The number of carbonyl (C=O) groups excluding carboxylic acids is 1. The fourth-order valence-electron chi connectivity index (χ4n) is 3.14. The number of nitrogens with zero attached hydrogens (tertiary/aromatic N) is 5. The summed E-state index contributed by atoms with van der Waals surface area (Å²) in [5, 5.41) is 16.7. The number of aromatic nitrogens is 5. The van der Waals surface area contributed by atoms with E-state index in [0.717, 1.165) is 41.5 Å². The molecule has 3 heterocycles. The van der Waals surface area contributed by atoms with Gasteiger partial charge in [0.05, 0.1) is 5.69 Å². The SMILES string of the molecule is CCc1nn2c(=O)cc(CSc3nnc(NC(=O)C4CCCCC4)s3)nc2s1. The van der Waals surface area contributed by atoms with Gasteiger partial charge in [-0.15, -0.1) is 10.2 Å². The summed E-state index contributed by atoms with van der Waals surface area (Å²) in [6.07, 6.45) is 6.13. The maximum atomic E-state index is 12.3. The molecular formula is C17H20N6O2S3. The van der Waals surface area contributed by atoms with Gasteiger partial charge in [0, 0.05) is 17.7 Å². The van der Waals surface area contributed by atoms with Crippen LogP contribution in [-0.2, 0) is 17.0 Å². The predicted octanol–water partition coefficient (Wildman–Crippen LogP) is 3.38. The highest BCUT2D eigenvalue weighted by molar-refractivity contribution is 8.00. The van der Waals surface area contributed by atoms with Gasteiger partial charge >= 0.3 is 0 Å². The number of fused-ring (bicyclic) bond motifs is 1. The number of nitrogens with one attached hydrogen (secondary N) is 1. The Balaban J connectivity index is 1.38. The molecule has 28 heavy (non-hydrogen) atoms. The van der Waals surface area contributed by atoms with Gasteiger partial charge in [-0.1, -0.05) is 60.6 Å². The van der Waals surface area contributed by atoms with Crippen molar-refractivity contribution in [3.05, 3.63) is 27.1 Å². The van der Waals surface area contributed by atoms with E-state index in [2.05, 4.69) is 25.6 Å². The molecule has 0 saturated heterocycles. The molecule has 11 heteroatoms. The van der Waals surface area contributed by atoms with Gasteiger partial charge in [-0.2, -0.15) is 9.61 Å². The van der Waals surface area contributed by atoms with E-state index in [9.17, 15) is 9.59 Å². The van der Waals surface area contributed by atoms with E-state index in [0.29, 0.717) is 21.5 Å². The summed E-state index contributed by atoms with van der Waals surface area (Å²) in [5.41, 5.74) is 0.513. The van der Waals surface area contributed by atoms with Gasteiger partial charge in [0.1, 0.15) is 5.01 Å². The van der Waals surface area contributed by atoms with Crippen LogP contribution in [0.2, 0.25) is 0 Å². The van der Waals surface area contributed by atoms with E-state index < -0.39 is 0 Å². The van der Waals surface area contributed by atoms with Gasteiger partial charge < -0.3 is 5.32 Å². The zero-order valence-electron chi connectivity index (χ0n) is 15.4. The van der Waals surface area contributed by atoms with Gasteiger partial charge in [0.15, 0.2) is 4.34 Å². The highest BCUT2D eigenvalue weighted by Gasteiger charge is 2.22. The van der Waals surface area contributed by atoms with Crippen molar-refractivity contribution in [1.82, 2.24) is 24.8 Å². The third kappa shape index (κ3) is 4.41. The van der Waals surface area contributed by atoms with Crippen molar-refractivity contribution in [3.8, 4) is 0 Å². The molecule has 0 atom stereocenters. The lowest BCUT2D eigenvalue weighted by atomic mass is 9.89. The fraction of sp³-hybridized carbons (Fsp3) is 0.529. The lowest BCUT2D eigenvalue weighted by Gasteiger charge is -2.19. The van der Waals surface area contributed by atoms with E-state index >= 15 is 0 Å². The minimum absolute atomic E-state index is 0.0458. The van der Waals surface area contributed by atoms with Crippen LogP contribution < -0.4 is 10.9 Å². The topological polar surface area (TPSA) is 102 Å². The molecule has 0 spiro atoms. The Morgan fingerprint density at radius 1 is 1.29 bits per heavy atom. The Morgan fingerprint density at radius 2 is 2.11 bits per heavy atom. The van der Waals surface area contributed by atoms with Crippen LogP contribution in [0.1, 0.15) is 49.7 Å². The molecule has 1 saturated carbocycles. The number of rotatable bonds is 6. The van der Waals surface area contributed by atoms with Crippen LogP contribution in [0.5, 0.6) is 0 Å². The molecule has 8 nitrogen and oxygen atoms in total. The third-order valence-corrected chi connectivity index (χ3v) is 7.66. The Morgan fingerprint density at radius 3 is 2.89 bits per heavy atom. The molecule has 0 aliphatic heterocycles. The normalized spacial score (nSPS) is 15.2. The molecule has 1 amide bonds. The van der Waals surface area contributed by atoms with Gasteiger partial charge in [0.2, 0.25) is 16.0 Å². The summed E-state index contributed by atoms with van der Waals surface area (Å²) in [5.74, 6) is 0.644. The number of hydrogen-bond donors (Lipinski definition) is 1. The third-order valence-electron chi connectivity index (χ3n) is 4.60. The van der Waals surface area contributed by atoms with Crippen molar-refractivity contribution in [1.29, 1.82) is 0 Å². The summed E-state index contributed by atoms with van der Waals surface area (Å²) in [6.45, 7) is 2.00. The second kappa shape index (κ2) is 8.66. The molecule has 1 N–H and O–H groups in total. The van der Waals surface area contributed by atoms with Crippen LogP contribution in [0.15, 0.2) is 15.2 Å². The lowest BCUT2D eigenvalue weighted by Crippen LogP contribution is -2.24. The first kappa shape index (κ1) is 19.5. The predicted molar refractivity (Wildman–Crippen MR) is 111 cm³/mol. The zero-order chi connectivity index (χ0) is 19.5. The number of aryl methyl sites for hydroxylation is 1. The van der Waals surface area contributed by atoms with Gasteiger partial charge in [-0.3, -0.25) is 9.59 Å². The monoisotopic (exact) mass is 436 g/mol. The number of anilines is 1. The Bertz CT molecular complexity index is 1040. The molecule has 4 rings (SSSR count). The number of amides is 1. The average Bonchev–Trinajstić information content (AvgIpc) is 3.34. The van der Waals surface area contributed by atoms with Crippen LogP contribution in [-0.4, -0.2) is 30.7 Å². The molecule has 3 aromatic rings. The van der Waals surface area contributed by atoms with Crippen molar-refractivity contribution in [2.24, 2.45) is 5.92 Å². The molecule has 1 aliphatic rings. The highest BCUT2D eigenvalue weighted by atomic mass is 32.2. The van der Waals surface area contributed by atoms with Crippen LogP contribution in [0.3, 0.4) is 0 Å². The quantitative estimate of drug-likeness (QED) is 0.467. The molecule has 0 aromatic carbocycles. The van der Waals surface area contributed by atoms with Crippen molar-refractivity contribution in [3.63, 3.8) is 0 Å². The van der Waals surface area contributed by atoms with E-state index in [1.54, 1.807) is 0 Å². The van der Waals surface area contributed by atoms with Gasteiger partial charge in [0.25, 0.3) is 5.56 Å². The number of carbonyl (C=O) groups is 1. The first-order chi connectivity index (χ1) is 13.6. The largest absolute Gasteiger partial charge is 0.300 e. The van der Waals surface area contributed by atoms with E-state index in [1.807, 2.05) is 6.92 Å². The Labute approximate surface area is 173 Å². The Kier molecular flexibility index (Phi) is 6.02. The summed E-state index contributed by atoms with van der Waals surface area (Å²) in [4.78, 5) is 29.6. The summed E-state index contributed by atoms with van der Waals surface area (Å²) >= 11 is 4.23. The molecule has 3 aromatic heterocycles. The molecule has 0 unspecified atom stereocenters. The number of hydrogen-bond acceptors (Lipinski definition) is 9. The van der Waals surface area contributed by atoms with Crippen LogP contribution in [0.4, 0.5) is 5.13 Å². The van der Waals surface area contributed by atoms with Crippen molar-refractivity contribution in [2.45, 2.75) is 55.5 Å². The van der Waals surface area contributed by atoms with Crippen molar-refractivity contribution in [2.75, 3.05) is 5.32 Å². The maximum absolute atomic E-state index is 12.3. The van der Waals surface area contributed by atoms with Crippen LogP contribution in [0.25, 0.3) is 4.96 Å². The van der Waals surface area contributed by atoms with Crippen molar-refractivity contribution < 1.29 is 4.79 Å². The minimum Gasteiger partial charge on any atom is -0.300 e. The zero-order valence-corrected chi connectivity index (χ0v) is 17.8. The van der Waals surface area contributed by atoms with Gasteiger partial charge in [-0.05, 0) is 19.3 Å². The Hall–Kier alpha value is -1.85. The highest BCUT2D eigenvalue weighted by Crippen LogP contribution is 2.30. The lowest BCUT2D eigenvalue weighted by molar-refractivity contribution is -0.120. The number of thioether (sulfide) groups is 1. The second-order valence-electron chi connectivity index (χ2n) is 6.62. The maximum Gasteiger partial charge on any atom is 0.275 e. The summed E-state index contributed by atoms with van der Waals surface area (Å²) in [7, 11) is 0. The summed E-state index contributed by atoms with van der Waals surface area (Å²) in [6, 6.07) is 1.51. The smallest absolute Gasteiger partial charge is 0.275 e. The minimum atomic E-state index is -0.172. The van der Waals surface area contributed by atoms with Gasteiger partial charge in [-0.25, -0.2) is 4.98 Å². The average molecular weight is 437 g/mol. The van der Waals surface area contributed by atoms with Crippen LogP contribution >= 0.6 is 34.4 Å². The summed E-state index contributed by atoms with van der Waals surface area (Å²) < 4.78 is 2.08. The first-order valence-electron chi connectivity index (χ1n) is 9.28. The van der Waals surface area contributed by atoms with Crippen LogP contribution in [0, 0.1) is 5.92 Å². The molecule has 0 radical (unpaired) electrons. The molecular weight excluding hydrogens is 416 g/mol. The fourth-order valence-corrected chi connectivity index (χ4v) is 5.64. The molecule has 1 fully saturated rings. The van der Waals surface area contributed by atoms with E-state index in [-0.39, 0.29) is 17.4 Å². The van der Waals surface area contributed by atoms with E-state index in [1.165, 1.54) is 51.4 Å². The van der Waals surface area contributed by atoms with Crippen molar-refractivity contribution >= 4 is 50.4 Å². The molecule has 0 bridgehead atoms.